The number of hydrogen-bond acceptors (Lipinski definition) is 1. The monoisotopic (exact) mass is 211 g/mol. The van der Waals surface area contributed by atoms with Gasteiger partial charge < -0.3 is 5.32 Å². The fraction of sp³-hybridized carbons (Fsp3) is 1.00. The van der Waals surface area contributed by atoms with Crippen LogP contribution < -0.4 is 5.32 Å². The van der Waals surface area contributed by atoms with Crippen LogP contribution in [0.1, 0.15) is 59.8 Å². The Bertz CT molecular complexity index is 163. The zero-order valence-corrected chi connectivity index (χ0v) is 11.1. The lowest BCUT2D eigenvalue weighted by molar-refractivity contribution is 0.294. The Morgan fingerprint density at radius 3 is 2.33 bits per heavy atom. The average molecular weight is 211 g/mol. The van der Waals surface area contributed by atoms with E-state index in [4.69, 9.17) is 0 Å². The second-order valence-corrected chi connectivity index (χ2v) is 5.77. The average Bonchev–Trinajstić information content (AvgIpc) is 2.97. The molecular formula is C14H29N. The molecule has 3 unspecified atom stereocenters. The molecule has 90 valence electrons. The third-order valence-corrected chi connectivity index (χ3v) is 3.83. The largest absolute Gasteiger partial charge is 0.314 e. The maximum Gasteiger partial charge on any atom is 0.00683 e. The third-order valence-electron chi connectivity index (χ3n) is 3.83. The first-order valence-corrected chi connectivity index (χ1v) is 6.86. The highest BCUT2D eigenvalue weighted by molar-refractivity contribution is 4.82. The molecule has 0 amide bonds. The van der Waals surface area contributed by atoms with Gasteiger partial charge >= 0.3 is 0 Å². The molecule has 1 nitrogen and oxygen atoms in total. The van der Waals surface area contributed by atoms with Crippen molar-refractivity contribution < 1.29 is 0 Å². The van der Waals surface area contributed by atoms with E-state index in [0.29, 0.717) is 0 Å². The summed E-state index contributed by atoms with van der Waals surface area (Å²) in [6, 6.07) is 0.868. The predicted octanol–water partition coefficient (Wildman–Crippen LogP) is 3.84. The van der Waals surface area contributed by atoms with Crippen LogP contribution in [0.5, 0.6) is 0 Å². The maximum absolute atomic E-state index is 3.64. The van der Waals surface area contributed by atoms with Crippen LogP contribution in [0.4, 0.5) is 0 Å². The van der Waals surface area contributed by atoms with Crippen molar-refractivity contribution in [2.24, 2.45) is 17.8 Å². The summed E-state index contributed by atoms with van der Waals surface area (Å²) in [7, 11) is 0. The molecule has 0 spiro atoms. The Morgan fingerprint density at radius 1 is 1.13 bits per heavy atom. The smallest absolute Gasteiger partial charge is 0.00683 e. The van der Waals surface area contributed by atoms with Crippen LogP contribution in [0.15, 0.2) is 0 Å². The lowest BCUT2D eigenvalue weighted by atomic mass is 9.86. The van der Waals surface area contributed by atoms with Gasteiger partial charge in [-0.25, -0.2) is 0 Å². The van der Waals surface area contributed by atoms with Crippen LogP contribution in [0, 0.1) is 17.8 Å². The molecule has 1 N–H and O–H groups in total. The van der Waals surface area contributed by atoms with Crippen LogP contribution in [0.2, 0.25) is 0 Å². The Morgan fingerprint density at radius 2 is 1.80 bits per heavy atom. The molecule has 15 heavy (non-hydrogen) atoms. The van der Waals surface area contributed by atoms with E-state index in [-0.39, 0.29) is 0 Å². The summed E-state index contributed by atoms with van der Waals surface area (Å²) in [4.78, 5) is 0. The van der Waals surface area contributed by atoms with E-state index in [9.17, 15) is 0 Å². The highest BCUT2D eigenvalue weighted by Gasteiger charge is 2.22. The van der Waals surface area contributed by atoms with Gasteiger partial charge in [0.1, 0.15) is 0 Å². The Labute approximate surface area is 96.0 Å². The minimum atomic E-state index is 0.838. The predicted molar refractivity (Wildman–Crippen MR) is 68.0 cm³/mol. The zero-order chi connectivity index (χ0) is 11.3. The van der Waals surface area contributed by atoms with Crippen molar-refractivity contribution in [1.29, 1.82) is 0 Å². The normalized spacial score (nSPS) is 22.4. The van der Waals surface area contributed by atoms with Gasteiger partial charge in [-0.15, -0.1) is 0 Å². The van der Waals surface area contributed by atoms with Crippen LogP contribution in [-0.4, -0.2) is 12.6 Å². The Balaban J connectivity index is 2.09. The van der Waals surface area contributed by atoms with Gasteiger partial charge in [-0.3, -0.25) is 0 Å². The molecule has 1 rings (SSSR count). The fourth-order valence-corrected chi connectivity index (χ4v) is 2.32. The van der Waals surface area contributed by atoms with E-state index in [1.54, 1.807) is 0 Å². The minimum Gasteiger partial charge on any atom is -0.314 e. The molecule has 0 aromatic rings. The standard InChI is InChI=1S/C14H29N/c1-5-6-11(2)9-12(3)13(4)10-15-14-7-8-14/h11-15H,5-10H2,1-4H3. The Kier molecular flexibility index (Phi) is 5.66. The quantitative estimate of drug-likeness (QED) is 0.643. The molecule has 0 bridgehead atoms. The molecule has 1 aliphatic carbocycles. The SMILES string of the molecule is CCCC(C)CC(C)C(C)CNC1CC1. The number of rotatable bonds is 8. The summed E-state index contributed by atoms with van der Waals surface area (Å²) in [6.45, 7) is 10.7. The topological polar surface area (TPSA) is 12.0 Å². The zero-order valence-electron chi connectivity index (χ0n) is 11.1. The molecule has 1 saturated carbocycles. The number of nitrogens with one attached hydrogen (secondary N) is 1. The highest BCUT2D eigenvalue weighted by Crippen LogP contribution is 2.24. The first-order valence-electron chi connectivity index (χ1n) is 6.86. The van der Waals surface area contributed by atoms with Crippen molar-refractivity contribution in [3.63, 3.8) is 0 Å². The van der Waals surface area contributed by atoms with Crippen molar-refractivity contribution in [2.75, 3.05) is 6.54 Å². The van der Waals surface area contributed by atoms with Crippen LogP contribution in [-0.2, 0) is 0 Å². The molecule has 0 aromatic carbocycles. The summed E-state index contributed by atoms with van der Waals surface area (Å²) in [6.07, 6.45) is 6.96. The van der Waals surface area contributed by atoms with E-state index in [0.717, 1.165) is 23.8 Å². The van der Waals surface area contributed by atoms with Gasteiger partial charge in [0.25, 0.3) is 0 Å². The molecule has 0 aromatic heterocycles. The third kappa shape index (κ3) is 5.55. The second-order valence-electron chi connectivity index (χ2n) is 5.77. The number of hydrogen-bond donors (Lipinski definition) is 1. The van der Waals surface area contributed by atoms with Gasteiger partial charge in [0.2, 0.25) is 0 Å². The van der Waals surface area contributed by atoms with Gasteiger partial charge in [-0.1, -0.05) is 40.5 Å². The Hall–Kier alpha value is -0.0400. The molecule has 0 saturated heterocycles. The molecule has 1 heteroatoms. The van der Waals surface area contributed by atoms with Gasteiger partial charge in [0.15, 0.2) is 0 Å². The van der Waals surface area contributed by atoms with Crippen molar-refractivity contribution in [2.45, 2.75) is 65.8 Å². The van der Waals surface area contributed by atoms with Crippen LogP contribution in [0.25, 0.3) is 0 Å². The fourth-order valence-electron chi connectivity index (χ4n) is 2.32. The highest BCUT2D eigenvalue weighted by atomic mass is 14.9. The van der Waals surface area contributed by atoms with Gasteiger partial charge in [0.05, 0.1) is 0 Å². The van der Waals surface area contributed by atoms with E-state index < -0.39 is 0 Å². The van der Waals surface area contributed by atoms with Crippen molar-refractivity contribution in [1.82, 2.24) is 5.32 Å². The molecule has 0 radical (unpaired) electrons. The lowest BCUT2D eigenvalue weighted by Gasteiger charge is -2.23. The summed E-state index contributed by atoms with van der Waals surface area (Å²) >= 11 is 0. The van der Waals surface area contributed by atoms with Crippen LogP contribution in [0.3, 0.4) is 0 Å². The first kappa shape index (κ1) is 13.0. The van der Waals surface area contributed by atoms with Gasteiger partial charge in [0, 0.05) is 6.04 Å². The van der Waals surface area contributed by atoms with Gasteiger partial charge in [-0.2, -0.15) is 0 Å². The minimum absolute atomic E-state index is 0.838. The summed E-state index contributed by atoms with van der Waals surface area (Å²) < 4.78 is 0. The second kappa shape index (κ2) is 6.52. The maximum atomic E-state index is 3.64. The van der Waals surface area contributed by atoms with Gasteiger partial charge in [-0.05, 0) is 43.6 Å². The van der Waals surface area contributed by atoms with Crippen LogP contribution >= 0.6 is 0 Å². The molecule has 1 fully saturated rings. The molecule has 3 atom stereocenters. The summed E-state index contributed by atoms with van der Waals surface area (Å²) in [5.41, 5.74) is 0. The van der Waals surface area contributed by atoms with E-state index in [1.165, 1.54) is 38.6 Å². The molecule has 0 aliphatic heterocycles. The first-order chi connectivity index (χ1) is 7.13. The molecule has 0 heterocycles. The molecule has 1 aliphatic rings. The summed E-state index contributed by atoms with van der Waals surface area (Å²) in [5.74, 6) is 2.62. The molecular weight excluding hydrogens is 182 g/mol. The van der Waals surface area contributed by atoms with Crippen molar-refractivity contribution in [3.8, 4) is 0 Å². The lowest BCUT2D eigenvalue weighted by Crippen LogP contribution is -2.27. The van der Waals surface area contributed by atoms with E-state index in [1.807, 2.05) is 0 Å². The summed E-state index contributed by atoms with van der Waals surface area (Å²) in [5, 5.41) is 3.64. The van der Waals surface area contributed by atoms with Crippen molar-refractivity contribution >= 4 is 0 Å². The van der Waals surface area contributed by atoms with E-state index >= 15 is 0 Å². The van der Waals surface area contributed by atoms with Crippen molar-refractivity contribution in [3.05, 3.63) is 0 Å². The van der Waals surface area contributed by atoms with E-state index in [2.05, 4.69) is 33.0 Å².